The lowest BCUT2D eigenvalue weighted by Crippen LogP contribution is -2.29. The summed E-state index contributed by atoms with van der Waals surface area (Å²) in [4.78, 5) is 16.5. The molecule has 1 heterocycles. The van der Waals surface area contributed by atoms with Crippen molar-refractivity contribution in [1.29, 1.82) is 0 Å². The number of imidazole rings is 1. The van der Waals surface area contributed by atoms with Gasteiger partial charge in [-0.05, 0) is 56.0 Å². The van der Waals surface area contributed by atoms with E-state index in [2.05, 4.69) is 16.4 Å². The van der Waals surface area contributed by atoms with Gasteiger partial charge in [-0.3, -0.25) is 4.79 Å². The number of nitrogens with zero attached hydrogens (tertiary/aromatic N) is 2. The number of hydrogen-bond donors (Lipinski definition) is 1. The Hall–Kier alpha value is -1.89. The highest BCUT2D eigenvalue weighted by Crippen LogP contribution is 2.28. The Morgan fingerprint density at radius 3 is 2.92 bits per heavy atom. The molecule has 2 aromatic rings. The molecule has 0 unspecified atom stereocenters. The van der Waals surface area contributed by atoms with Gasteiger partial charge in [0.05, 0.1) is 11.0 Å². The summed E-state index contributed by atoms with van der Waals surface area (Å²) >= 11 is 0.369. The minimum Gasteiger partial charge on any atom is -0.354 e. The molecule has 0 spiro atoms. The maximum atomic E-state index is 12.8. The van der Waals surface area contributed by atoms with E-state index in [1.54, 1.807) is 22.8 Å². The summed E-state index contributed by atoms with van der Waals surface area (Å²) < 4.78 is 27.1. The summed E-state index contributed by atoms with van der Waals surface area (Å²) in [5.41, 5.74) is 2.70. The minimum absolute atomic E-state index is 0.00534. The van der Waals surface area contributed by atoms with Gasteiger partial charge in [0, 0.05) is 6.54 Å². The van der Waals surface area contributed by atoms with Gasteiger partial charge in [-0.1, -0.05) is 23.8 Å². The lowest BCUT2D eigenvalue weighted by atomic mass is 9.97. The van der Waals surface area contributed by atoms with E-state index < -0.39 is 5.76 Å². The van der Waals surface area contributed by atoms with Gasteiger partial charge in [0.2, 0.25) is 5.91 Å². The third kappa shape index (κ3) is 4.81. The van der Waals surface area contributed by atoms with Gasteiger partial charge in [-0.15, -0.1) is 0 Å². The molecular formula is C18H21F2N3OS. The number of allylic oxidation sites excluding steroid dienone is 1. The van der Waals surface area contributed by atoms with Gasteiger partial charge >= 0.3 is 0 Å². The van der Waals surface area contributed by atoms with Gasteiger partial charge < -0.3 is 9.88 Å². The fourth-order valence-corrected chi connectivity index (χ4v) is 3.67. The lowest BCUT2D eigenvalue weighted by Gasteiger charge is -2.13. The van der Waals surface area contributed by atoms with Crippen molar-refractivity contribution < 1.29 is 13.6 Å². The second-order valence-electron chi connectivity index (χ2n) is 6.06. The lowest BCUT2D eigenvalue weighted by molar-refractivity contribution is -0.121. The zero-order valence-corrected chi connectivity index (χ0v) is 14.7. The van der Waals surface area contributed by atoms with Crippen molar-refractivity contribution in [3.63, 3.8) is 0 Å². The van der Waals surface area contributed by atoms with Crippen molar-refractivity contribution in [2.75, 3.05) is 6.54 Å². The molecule has 4 nitrogen and oxygen atoms in total. The number of alkyl halides is 2. The number of nitrogens with one attached hydrogen (secondary N) is 1. The second kappa shape index (κ2) is 8.47. The Morgan fingerprint density at radius 2 is 2.16 bits per heavy atom. The summed E-state index contributed by atoms with van der Waals surface area (Å²) in [7, 11) is 0. The Balaban J connectivity index is 1.64. The predicted octanol–water partition coefficient (Wildman–Crippen LogP) is 4.36. The molecule has 134 valence electrons. The van der Waals surface area contributed by atoms with Gasteiger partial charge in [0.25, 0.3) is 5.76 Å². The van der Waals surface area contributed by atoms with E-state index in [4.69, 9.17) is 0 Å². The van der Waals surface area contributed by atoms with Crippen molar-refractivity contribution in [3.8, 4) is 0 Å². The largest absolute Gasteiger partial charge is 0.354 e. The number of hydrogen-bond acceptors (Lipinski definition) is 3. The first kappa shape index (κ1) is 17.9. The number of carbonyl (C=O) groups is 1. The van der Waals surface area contributed by atoms with Crippen LogP contribution in [0.5, 0.6) is 0 Å². The summed E-state index contributed by atoms with van der Waals surface area (Å²) in [6, 6.07) is 7.16. The van der Waals surface area contributed by atoms with Crippen LogP contribution in [0.1, 0.15) is 32.1 Å². The van der Waals surface area contributed by atoms with Crippen LogP contribution in [0.4, 0.5) is 8.78 Å². The summed E-state index contributed by atoms with van der Waals surface area (Å²) in [5.74, 6) is -2.76. The molecule has 0 aliphatic heterocycles. The highest BCUT2D eigenvalue weighted by Gasteiger charge is 2.17. The Labute approximate surface area is 149 Å². The van der Waals surface area contributed by atoms with Crippen LogP contribution in [0.25, 0.3) is 11.0 Å². The zero-order chi connectivity index (χ0) is 17.6. The Bertz CT molecular complexity index is 773. The van der Waals surface area contributed by atoms with Crippen LogP contribution < -0.4 is 5.32 Å². The fraction of sp³-hybridized carbons (Fsp3) is 0.444. The van der Waals surface area contributed by atoms with Crippen molar-refractivity contribution in [1.82, 2.24) is 14.9 Å². The second-order valence-corrected chi connectivity index (χ2v) is 7.01. The highest BCUT2D eigenvalue weighted by atomic mass is 32.2. The molecule has 1 N–H and O–H groups in total. The van der Waals surface area contributed by atoms with Crippen molar-refractivity contribution >= 4 is 28.7 Å². The van der Waals surface area contributed by atoms with E-state index in [9.17, 15) is 13.6 Å². The van der Waals surface area contributed by atoms with Crippen LogP contribution in [-0.4, -0.2) is 27.8 Å². The van der Waals surface area contributed by atoms with E-state index >= 15 is 0 Å². The van der Waals surface area contributed by atoms with E-state index in [-0.39, 0.29) is 17.6 Å². The van der Waals surface area contributed by atoms with Gasteiger partial charge in [-0.25, -0.2) is 4.98 Å². The minimum atomic E-state index is -2.57. The molecule has 0 atom stereocenters. The molecule has 1 aromatic carbocycles. The average Bonchev–Trinajstić information content (AvgIpc) is 2.92. The van der Waals surface area contributed by atoms with Crippen LogP contribution in [0.3, 0.4) is 0 Å². The average molecular weight is 365 g/mol. The Kier molecular flexibility index (Phi) is 6.07. The van der Waals surface area contributed by atoms with E-state index in [0.717, 1.165) is 19.3 Å². The molecule has 3 rings (SSSR count). The number of aromatic nitrogens is 2. The number of carbonyl (C=O) groups excluding carboxylic acids is 1. The monoisotopic (exact) mass is 365 g/mol. The van der Waals surface area contributed by atoms with E-state index in [1.165, 1.54) is 18.4 Å². The first-order chi connectivity index (χ1) is 12.1. The third-order valence-electron chi connectivity index (χ3n) is 4.27. The van der Waals surface area contributed by atoms with Crippen LogP contribution in [-0.2, 0) is 11.3 Å². The quantitative estimate of drug-likeness (QED) is 0.586. The first-order valence-corrected chi connectivity index (χ1v) is 9.36. The van der Waals surface area contributed by atoms with Crippen LogP contribution in [0.15, 0.2) is 41.1 Å². The molecule has 25 heavy (non-hydrogen) atoms. The van der Waals surface area contributed by atoms with E-state index in [1.807, 2.05) is 6.07 Å². The van der Waals surface area contributed by atoms with Crippen LogP contribution in [0.2, 0.25) is 0 Å². The molecule has 0 saturated carbocycles. The number of halogens is 2. The summed E-state index contributed by atoms with van der Waals surface area (Å²) in [6.45, 7) is 0.573. The highest BCUT2D eigenvalue weighted by molar-refractivity contribution is 7.99. The number of rotatable bonds is 7. The zero-order valence-electron chi connectivity index (χ0n) is 13.9. The standard InChI is InChI=1S/C18H21F2N3OS/c19-17(20)25-18-22-14-8-4-5-9-15(14)23(18)12-16(24)21-11-10-13-6-2-1-3-7-13/h4-6,8-9,17H,1-3,7,10-12H2,(H,21,24). The molecule has 0 fully saturated rings. The molecule has 0 bridgehead atoms. The molecule has 0 radical (unpaired) electrons. The first-order valence-electron chi connectivity index (χ1n) is 8.48. The maximum absolute atomic E-state index is 12.8. The van der Waals surface area contributed by atoms with Crippen LogP contribution in [0, 0.1) is 0 Å². The van der Waals surface area contributed by atoms with Gasteiger partial charge in [-0.2, -0.15) is 8.78 Å². The van der Waals surface area contributed by atoms with Crippen molar-refractivity contribution in [2.45, 2.75) is 49.6 Å². The SMILES string of the molecule is O=C(Cn1c(SC(F)F)nc2ccccc21)NCCC1=CCCCC1. The number of fused-ring (bicyclic) bond motifs is 1. The summed E-state index contributed by atoms with van der Waals surface area (Å²) in [5, 5.41) is 3.06. The molecule has 7 heteroatoms. The molecule has 0 saturated heterocycles. The topological polar surface area (TPSA) is 46.9 Å². The van der Waals surface area contributed by atoms with E-state index in [0.29, 0.717) is 29.3 Å². The normalized spacial score (nSPS) is 14.8. The molecule has 1 aliphatic carbocycles. The maximum Gasteiger partial charge on any atom is 0.291 e. The predicted molar refractivity (Wildman–Crippen MR) is 95.8 cm³/mol. The van der Waals surface area contributed by atoms with Crippen molar-refractivity contribution in [2.24, 2.45) is 0 Å². The number of benzene rings is 1. The van der Waals surface area contributed by atoms with Gasteiger partial charge in [0.1, 0.15) is 6.54 Å². The number of thioether (sulfide) groups is 1. The van der Waals surface area contributed by atoms with Crippen LogP contribution >= 0.6 is 11.8 Å². The molecule has 1 aromatic heterocycles. The molecule has 1 aliphatic rings. The summed E-state index contributed by atoms with van der Waals surface area (Å²) in [6.07, 6.45) is 7.81. The Morgan fingerprint density at radius 1 is 1.32 bits per heavy atom. The molecular weight excluding hydrogens is 344 g/mol. The fourth-order valence-electron chi connectivity index (χ4n) is 3.07. The molecule has 1 amide bonds. The van der Waals surface area contributed by atoms with Gasteiger partial charge in [0.15, 0.2) is 5.16 Å². The number of para-hydroxylation sites is 2. The third-order valence-corrected chi connectivity index (χ3v) is 4.97. The smallest absolute Gasteiger partial charge is 0.291 e. The van der Waals surface area contributed by atoms with Crippen molar-refractivity contribution in [3.05, 3.63) is 35.9 Å². The number of amides is 1.